The Bertz CT molecular complexity index is 5730. The molecule has 0 fully saturated rings. The molecule has 1 aliphatic rings. The molecular formula is C59H38. The van der Waals surface area contributed by atoms with Gasteiger partial charge in [0.05, 0.1) is 43.9 Å². The third-order valence-electron chi connectivity index (χ3n) is 10.6. The molecule has 0 atom stereocenters. The van der Waals surface area contributed by atoms with Gasteiger partial charge in [0.15, 0.2) is 0 Å². The smallest absolute Gasteiger partial charge is 0.0619 e. The van der Waals surface area contributed by atoms with E-state index >= 15 is 0 Å². The number of hydrogen-bond donors (Lipinski definition) is 0. The van der Waals surface area contributed by atoms with Crippen LogP contribution in [0.4, 0.5) is 0 Å². The fourth-order valence-electron chi connectivity index (χ4n) is 8.00. The molecule has 0 amide bonds. The minimum absolute atomic E-state index is 0.434. The summed E-state index contributed by atoms with van der Waals surface area (Å²) in [5, 5.41) is -7.24. The highest BCUT2D eigenvalue weighted by atomic mass is 14.4. The van der Waals surface area contributed by atoms with Crippen molar-refractivity contribution in [2.24, 2.45) is 0 Å². The number of rotatable bonds is 4. The monoisotopic (exact) mass is 785 g/mol. The lowest BCUT2D eigenvalue weighted by Gasteiger charge is -2.22. The van der Waals surface area contributed by atoms with Gasteiger partial charge >= 0.3 is 0 Å². The largest absolute Gasteiger partial charge is 0.0636 e. The van der Waals surface area contributed by atoms with Gasteiger partial charge in [-0.2, -0.15) is 0 Å². The second kappa shape index (κ2) is 11.9. The van der Waals surface area contributed by atoms with Crippen LogP contribution in [-0.4, -0.2) is 0 Å². The summed E-state index contributed by atoms with van der Waals surface area (Å²) >= 11 is 0. The van der Waals surface area contributed by atoms with Crippen molar-refractivity contribution in [1.82, 2.24) is 0 Å². The second-order valence-electron chi connectivity index (χ2n) is 13.8. The normalized spacial score (nSPS) is 22.9. The Labute approximate surface area is 396 Å². The van der Waals surface area contributed by atoms with E-state index in [1.54, 1.807) is 0 Å². The van der Waals surface area contributed by atoms with Crippen LogP contribution in [0.1, 0.15) is 76.9 Å². The molecule has 0 N–H and O–H groups in total. The molecule has 0 heteroatoms. The Kier molecular flexibility index (Phi) is 2.59. The van der Waals surface area contributed by atoms with E-state index < -0.39 is 344 Å². The van der Waals surface area contributed by atoms with Gasteiger partial charge in [-0.1, -0.05) is 195 Å². The molecule has 0 bridgehead atoms. The summed E-state index contributed by atoms with van der Waals surface area (Å²) in [6, 6.07) is -35.4. The van der Waals surface area contributed by atoms with Crippen molar-refractivity contribution in [3.8, 4) is 55.6 Å². The summed E-state index contributed by atoms with van der Waals surface area (Å²) in [6.45, 7) is -7.94. The molecule has 274 valence electrons. The first kappa shape index (κ1) is 12.9. The summed E-state index contributed by atoms with van der Waals surface area (Å²) in [5.74, 6) is 0. The number of fused-ring (bicyclic) bond motifs is 3. The van der Waals surface area contributed by atoms with E-state index in [0.29, 0.717) is 0 Å². The zero-order chi connectivity index (χ0) is 71.8. The second-order valence-corrected chi connectivity index (χ2v) is 13.8. The van der Waals surface area contributed by atoms with Crippen LogP contribution in [0.15, 0.2) is 193 Å². The van der Waals surface area contributed by atoms with Gasteiger partial charge in [-0.3, -0.25) is 0 Å². The van der Waals surface area contributed by atoms with Crippen LogP contribution >= 0.6 is 0 Å². The van der Waals surface area contributed by atoms with Crippen molar-refractivity contribution in [2.45, 2.75) is 19.1 Å². The van der Waals surface area contributed by atoms with Crippen LogP contribution in [0.3, 0.4) is 0 Å². The van der Waals surface area contributed by atoms with Gasteiger partial charge in [0.25, 0.3) is 0 Å². The predicted molar refractivity (Wildman–Crippen MR) is 253 cm³/mol. The molecule has 0 nitrogen and oxygen atoms in total. The Morgan fingerprint density at radius 2 is 0.729 bits per heavy atom. The zero-order valence-corrected chi connectivity index (χ0v) is 29.5. The predicted octanol–water partition coefficient (Wildman–Crippen LogP) is 16.5. The molecule has 0 unspecified atom stereocenters. The highest BCUT2D eigenvalue weighted by Gasteiger charge is 2.35. The van der Waals surface area contributed by atoms with Gasteiger partial charge < -0.3 is 0 Å². The molecule has 0 heterocycles. The van der Waals surface area contributed by atoms with Crippen molar-refractivity contribution >= 4 is 64.6 Å². The van der Waals surface area contributed by atoms with Crippen molar-refractivity contribution in [1.29, 1.82) is 0 Å². The third-order valence-corrected chi connectivity index (χ3v) is 10.6. The van der Waals surface area contributed by atoms with Gasteiger partial charge in [-0.15, -0.1) is 0 Å². The van der Waals surface area contributed by atoms with Gasteiger partial charge in [0.1, 0.15) is 0 Å². The van der Waals surface area contributed by atoms with E-state index in [1.165, 1.54) is 0 Å². The molecule has 0 radical (unpaired) electrons. The fraction of sp³-hybridized carbons (Fsp3) is 0.0508. The standard InChI is InChI=1S/C59H38/c1-59(2)53-16-6-5-15-48(53)52-34-42(26-32-54(52)59)44-27-25-41(33-51(44)47-29-22-40-20-18-36-10-8-12-38-24-31-50(47)58(40)56(36)38)43-13-3-4-14-45(43)46-28-21-39-19-17-35-9-7-11-37-23-30-49(46)57(39)55(35)37/h3-34H,1-2H3/i1D3,2D3,3D,4D,5D,6D,7D,8D,9D,10D,11D,12D,13D,14D,15D,16D,17D,18D,19D,20D,21D,22D,23D,24D,25D,26D,27D,28D,29D,30D,31D,32D,33D,34D. The van der Waals surface area contributed by atoms with Gasteiger partial charge in [-0.05, 0) is 143 Å². The minimum Gasteiger partial charge on any atom is -0.0619 e. The van der Waals surface area contributed by atoms with Crippen molar-refractivity contribution < 1.29 is 52.1 Å². The highest BCUT2D eigenvalue weighted by Crippen LogP contribution is 2.51. The van der Waals surface area contributed by atoms with Crippen LogP contribution in [0.25, 0.3) is 120 Å². The van der Waals surface area contributed by atoms with Crippen LogP contribution in [0.2, 0.25) is 0 Å². The zero-order valence-electron chi connectivity index (χ0n) is 67.5. The lowest BCUT2D eigenvalue weighted by atomic mass is 9.81. The lowest BCUT2D eigenvalue weighted by Crippen LogP contribution is -2.14. The van der Waals surface area contributed by atoms with Crippen molar-refractivity contribution in [3.63, 3.8) is 0 Å². The lowest BCUT2D eigenvalue weighted by molar-refractivity contribution is 0.660. The van der Waals surface area contributed by atoms with Crippen molar-refractivity contribution in [3.05, 3.63) is 204 Å². The fourth-order valence-corrected chi connectivity index (χ4v) is 8.00. The van der Waals surface area contributed by atoms with Crippen molar-refractivity contribution in [2.75, 3.05) is 0 Å². The van der Waals surface area contributed by atoms with Gasteiger partial charge in [0, 0.05) is 13.6 Å². The van der Waals surface area contributed by atoms with E-state index in [9.17, 15) is 24.7 Å². The maximum Gasteiger partial charge on any atom is 0.0636 e. The Hall–Kier alpha value is -7.28. The minimum atomic E-state index is -3.97. The SMILES string of the molecule is [2H]c1c([2H])c([2H])c(-c2c([2H])c([2H])c3c([2H])c([2H])c4c([2H])c([2H])c([2H])c5c([2H])c([2H])c2c3c45)c(-c2c([2H])c([2H])c(-c3c([2H])c([2H])c4c(c3[2H])-c3c([2H])c([2H])c([2H])c([2H])c3C4(C([2H])([2H])[2H])C([2H])([2H])[2H])c(-c3c([2H])c([2H])c4c([2H])c([2H])c5c([2H])c([2H])c([2H])c6c([2H])c([2H])c3c4c56)c2[2H])c1[2H]. The maximum absolute atomic E-state index is 10.7. The molecule has 12 aromatic rings. The summed E-state index contributed by atoms with van der Waals surface area (Å²) < 4.78 is 355. The average molecular weight is 785 g/mol. The van der Waals surface area contributed by atoms with Gasteiger partial charge in [0.2, 0.25) is 0 Å². The van der Waals surface area contributed by atoms with Crippen LogP contribution in [-0.2, 0) is 5.41 Å². The van der Waals surface area contributed by atoms with E-state index in [2.05, 4.69) is 0 Å². The molecule has 0 aromatic heterocycles. The van der Waals surface area contributed by atoms with E-state index in [-0.39, 0.29) is 0 Å². The quantitative estimate of drug-likeness (QED) is 0.156. The van der Waals surface area contributed by atoms with E-state index in [4.69, 9.17) is 27.4 Å². The average Bonchev–Trinajstić information content (AvgIpc) is 1.55. The van der Waals surface area contributed by atoms with Crippen LogP contribution in [0, 0.1) is 0 Å². The molecule has 59 heavy (non-hydrogen) atoms. The first-order valence-electron chi connectivity index (χ1n) is 36.8. The van der Waals surface area contributed by atoms with E-state index in [0.717, 1.165) is 0 Å². The van der Waals surface area contributed by atoms with Crippen LogP contribution in [0.5, 0.6) is 0 Å². The Morgan fingerprint density at radius 3 is 1.34 bits per heavy atom. The summed E-state index contributed by atoms with van der Waals surface area (Å²) in [7, 11) is 0. The molecular weight excluding hydrogens is 709 g/mol. The van der Waals surface area contributed by atoms with Crippen LogP contribution < -0.4 is 0 Å². The van der Waals surface area contributed by atoms with E-state index in [1.807, 2.05) is 0 Å². The number of benzene rings is 12. The summed E-state index contributed by atoms with van der Waals surface area (Å²) in [6.07, 6.45) is 0. The first-order valence-corrected chi connectivity index (χ1v) is 17.8. The number of hydrogen-bond acceptors (Lipinski definition) is 0. The Balaban J connectivity index is 1.32. The molecule has 13 rings (SSSR count). The molecule has 12 aromatic carbocycles. The summed E-state index contributed by atoms with van der Waals surface area (Å²) in [5.41, 5.74) is -17.2. The topological polar surface area (TPSA) is 0 Å². The molecule has 0 saturated heterocycles. The highest BCUT2D eigenvalue weighted by molar-refractivity contribution is 6.27. The molecule has 0 aliphatic heterocycles. The maximum atomic E-state index is 10.7. The molecule has 0 saturated carbocycles. The van der Waals surface area contributed by atoms with Gasteiger partial charge in [-0.25, -0.2) is 0 Å². The molecule has 0 spiro atoms. The molecule has 1 aliphatic carbocycles. The first-order chi connectivity index (χ1) is 44.9. The summed E-state index contributed by atoms with van der Waals surface area (Å²) in [4.78, 5) is 0. The Morgan fingerprint density at radius 1 is 0.305 bits per heavy atom. The third kappa shape index (κ3) is 4.55.